The summed E-state index contributed by atoms with van der Waals surface area (Å²) in [6.45, 7) is 0. The average molecular weight is 239 g/mol. The van der Waals surface area contributed by atoms with E-state index in [9.17, 15) is 13.6 Å². The second-order valence-electron chi connectivity index (χ2n) is 3.34. The fourth-order valence-electron chi connectivity index (χ4n) is 1.41. The highest BCUT2D eigenvalue weighted by molar-refractivity contribution is 5.69. The highest BCUT2D eigenvalue weighted by atomic mass is 19.1. The molecular formula is C10H7F2N3O2. The van der Waals surface area contributed by atoms with Gasteiger partial charge in [-0.25, -0.2) is 13.5 Å². The van der Waals surface area contributed by atoms with Crippen LogP contribution in [0.4, 0.5) is 8.78 Å². The van der Waals surface area contributed by atoms with E-state index in [-0.39, 0.29) is 17.8 Å². The van der Waals surface area contributed by atoms with E-state index in [0.717, 1.165) is 22.9 Å². The van der Waals surface area contributed by atoms with Gasteiger partial charge in [0.25, 0.3) is 0 Å². The number of halogens is 2. The van der Waals surface area contributed by atoms with Gasteiger partial charge < -0.3 is 5.11 Å². The molecule has 0 aliphatic rings. The van der Waals surface area contributed by atoms with Crippen LogP contribution in [0.3, 0.4) is 0 Å². The zero-order chi connectivity index (χ0) is 12.4. The summed E-state index contributed by atoms with van der Waals surface area (Å²) in [6.07, 6.45) is 0.905. The zero-order valence-corrected chi connectivity index (χ0v) is 8.47. The van der Waals surface area contributed by atoms with Gasteiger partial charge in [-0.1, -0.05) is 5.21 Å². The van der Waals surface area contributed by atoms with Crippen LogP contribution in [0.1, 0.15) is 5.69 Å². The van der Waals surface area contributed by atoms with Gasteiger partial charge in [-0.05, 0) is 12.1 Å². The summed E-state index contributed by atoms with van der Waals surface area (Å²) in [5.41, 5.74) is 0.332. The Kier molecular flexibility index (Phi) is 2.82. The smallest absolute Gasteiger partial charge is 0.309 e. The molecule has 5 nitrogen and oxygen atoms in total. The topological polar surface area (TPSA) is 68.0 Å². The van der Waals surface area contributed by atoms with Crippen molar-refractivity contribution < 1.29 is 18.7 Å². The van der Waals surface area contributed by atoms with Crippen molar-refractivity contribution in [2.45, 2.75) is 6.42 Å². The van der Waals surface area contributed by atoms with Crippen molar-refractivity contribution in [2.24, 2.45) is 0 Å². The van der Waals surface area contributed by atoms with Crippen LogP contribution in [0.5, 0.6) is 0 Å². The third-order valence-electron chi connectivity index (χ3n) is 2.04. The summed E-state index contributed by atoms with van der Waals surface area (Å²) < 4.78 is 27.1. The molecule has 1 aromatic heterocycles. The van der Waals surface area contributed by atoms with E-state index >= 15 is 0 Å². The maximum absolute atomic E-state index is 13.0. The van der Waals surface area contributed by atoms with E-state index in [4.69, 9.17) is 5.11 Å². The number of carboxylic acids is 1. The number of rotatable bonds is 3. The third-order valence-corrected chi connectivity index (χ3v) is 2.04. The molecule has 0 radical (unpaired) electrons. The summed E-state index contributed by atoms with van der Waals surface area (Å²) in [6, 6.07) is 2.81. The molecule has 0 saturated carbocycles. The van der Waals surface area contributed by atoms with Crippen LogP contribution in [0.15, 0.2) is 24.4 Å². The van der Waals surface area contributed by atoms with E-state index in [1.54, 1.807) is 0 Å². The monoisotopic (exact) mass is 239 g/mol. The molecule has 0 spiro atoms. The number of nitrogens with zero attached hydrogens (tertiary/aromatic N) is 3. The van der Waals surface area contributed by atoms with Crippen molar-refractivity contribution in [1.29, 1.82) is 0 Å². The quantitative estimate of drug-likeness (QED) is 0.873. The Morgan fingerprint density at radius 2 is 1.94 bits per heavy atom. The van der Waals surface area contributed by atoms with Gasteiger partial charge in [-0.2, -0.15) is 0 Å². The highest BCUT2D eigenvalue weighted by Crippen LogP contribution is 2.14. The molecule has 0 saturated heterocycles. The lowest BCUT2D eigenvalue weighted by atomic mass is 10.2. The van der Waals surface area contributed by atoms with Crippen molar-refractivity contribution in [3.05, 3.63) is 41.7 Å². The first-order valence-corrected chi connectivity index (χ1v) is 4.64. The predicted molar refractivity (Wildman–Crippen MR) is 52.6 cm³/mol. The van der Waals surface area contributed by atoms with Gasteiger partial charge in [0, 0.05) is 6.07 Å². The Morgan fingerprint density at radius 3 is 2.53 bits per heavy atom. The number of carboxylic acid groups (broad SMARTS) is 1. The lowest BCUT2D eigenvalue weighted by molar-refractivity contribution is -0.136. The van der Waals surface area contributed by atoms with Gasteiger partial charge in [0.15, 0.2) is 0 Å². The lowest BCUT2D eigenvalue weighted by Gasteiger charge is -2.04. The van der Waals surface area contributed by atoms with Gasteiger partial charge in [-0.15, -0.1) is 5.10 Å². The van der Waals surface area contributed by atoms with Gasteiger partial charge in [0.2, 0.25) is 0 Å². The maximum Gasteiger partial charge on any atom is 0.309 e. The number of aromatic nitrogens is 3. The molecule has 17 heavy (non-hydrogen) atoms. The molecule has 0 bridgehead atoms. The van der Waals surface area contributed by atoms with E-state index in [1.165, 1.54) is 6.20 Å². The van der Waals surface area contributed by atoms with Gasteiger partial charge in [0.1, 0.15) is 11.6 Å². The summed E-state index contributed by atoms with van der Waals surface area (Å²) >= 11 is 0. The van der Waals surface area contributed by atoms with Crippen LogP contribution < -0.4 is 0 Å². The molecule has 1 aromatic carbocycles. The Morgan fingerprint density at radius 1 is 1.29 bits per heavy atom. The molecule has 1 heterocycles. The van der Waals surface area contributed by atoms with Gasteiger partial charge in [0.05, 0.1) is 24.0 Å². The highest BCUT2D eigenvalue weighted by Gasteiger charge is 2.11. The van der Waals surface area contributed by atoms with Crippen LogP contribution in [0.2, 0.25) is 0 Å². The van der Waals surface area contributed by atoms with E-state index in [1.807, 2.05) is 0 Å². The van der Waals surface area contributed by atoms with Crippen molar-refractivity contribution in [3.63, 3.8) is 0 Å². The molecule has 7 heteroatoms. The summed E-state index contributed by atoms with van der Waals surface area (Å²) in [7, 11) is 0. The standard InChI is InChI=1S/C10H7F2N3O2/c11-6-1-7(12)3-8(2-6)15-9(4-10(16)17)5-13-14-15/h1-3,5H,4H2,(H,16,17). The minimum Gasteiger partial charge on any atom is -0.481 e. The molecule has 88 valence electrons. The van der Waals surface area contributed by atoms with Crippen molar-refractivity contribution >= 4 is 5.97 Å². The normalized spacial score (nSPS) is 10.5. The molecule has 2 rings (SSSR count). The lowest BCUT2D eigenvalue weighted by Crippen LogP contribution is -2.08. The van der Waals surface area contributed by atoms with Gasteiger partial charge >= 0.3 is 5.97 Å². The van der Waals surface area contributed by atoms with Crippen LogP contribution in [0.25, 0.3) is 5.69 Å². The van der Waals surface area contributed by atoms with Crippen LogP contribution in [0, 0.1) is 11.6 Å². The van der Waals surface area contributed by atoms with Crippen molar-refractivity contribution in [3.8, 4) is 5.69 Å². The van der Waals surface area contributed by atoms with Crippen LogP contribution in [-0.4, -0.2) is 26.1 Å². The van der Waals surface area contributed by atoms with E-state index in [2.05, 4.69) is 10.3 Å². The molecule has 0 aliphatic heterocycles. The summed E-state index contributed by atoms with van der Waals surface area (Å²) in [4.78, 5) is 10.6. The third kappa shape index (κ3) is 2.44. The molecular weight excluding hydrogens is 232 g/mol. The average Bonchev–Trinajstić information content (AvgIpc) is 2.63. The molecule has 0 fully saturated rings. The second kappa shape index (κ2) is 4.28. The fraction of sp³-hybridized carbons (Fsp3) is 0.100. The molecule has 0 unspecified atom stereocenters. The zero-order valence-electron chi connectivity index (χ0n) is 8.47. The Labute approximate surface area is 94.3 Å². The molecule has 0 aliphatic carbocycles. The number of aliphatic carboxylic acids is 1. The predicted octanol–water partition coefficient (Wildman–Crippen LogP) is 1.17. The summed E-state index contributed by atoms with van der Waals surface area (Å²) in [5, 5.41) is 15.8. The maximum atomic E-state index is 13.0. The van der Waals surface area contributed by atoms with Crippen molar-refractivity contribution in [1.82, 2.24) is 15.0 Å². The van der Waals surface area contributed by atoms with Crippen LogP contribution in [-0.2, 0) is 11.2 Å². The molecule has 1 N–H and O–H groups in total. The van der Waals surface area contributed by atoms with Gasteiger partial charge in [-0.3, -0.25) is 4.79 Å². The molecule has 0 amide bonds. The SMILES string of the molecule is O=C(O)Cc1cnnn1-c1cc(F)cc(F)c1. The minimum absolute atomic E-state index is 0.0938. The first kappa shape index (κ1) is 11.2. The Bertz CT molecular complexity index is 548. The van der Waals surface area contributed by atoms with Crippen molar-refractivity contribution in [2.75, 3.05) is 0 Å². The Balaban J connectivity index is 2.45. The first-order valence-electron chi connectivity index (χ1n) is 4.64. The van der Waals surface area contributed by atoms with Crippen LogP contribution >= 0.6 is 0 Å². The fourth-order valence-corrected chi connectivity index (χ4v) is 1.41. The summed E-state index contributed by atoms with van der Waals surface area (Å²) in [5.74, 6) is -2.61. The number of hydrogen-bond acceptors (Lipinski definition) is 3. The second-order valence-corrected chi connectivity index (χ2v) is 3.34. The molecule has 2 aromatic rings. The molecule has 0 atom stereocenters. The number of hydrogen-bond donors (Lipinski definition) is 1. The number of carbonyl (C=O) groups is 1. The number of benzene rings is 1. The largest absolute Gasteiger partial charge is 0.481 e. The first-order chi connectivity index (χ1) is 8.06. The Hall–Kier alpha value is -2.31. The van der Waals surface area contributed by atoms with E-state index in [0.29, 0.717) is 0 Å². The van der Waals surface area contributed by atoms with E-state index < -0.39 is 17.6 Å². The minimum atomic E-state index is -1.08.